The van der Waals surface area contributed by atoms with Crippen molar-refractivity contribution in [1.29, 1.82) is 0 Å². The van der Waals surface area contributed by atoms with Crippen LogP contribution in [0.4, 0.5) is 14.5 Å². The lowest BCUT2D eigenvalue weighted by molar-refractivity contribution is 0.0945. The Bertz CT molecular complexity index is 617. The van der Waals surface area contributed by atoms with E-state index in [1.165, 1.54) is 18.3 Å². The van der Waals surface area contributed by atoms with Gasteiger partial charge in [-0.15, -0.1) is 0 Å². The van der Waals surface area contributed by atoms with Gasteiger partial charge >= 0.3 is 0 Å². The summed E-state index contributed by atoms with van der Waals surface area (Å²) in [6, 6.07) is 6.13. The Hall–Kier alpha value is -2.50. The van der Waals surface area contributed by atoms with Crippen LogP contribution in [0.1, 0.15) is 16.1 Å². The summed E-state index contributed by atoms with van der Waals surface area (Å²) < 4.78 is 26.0. The van der Waals surface area contributed by atoms with Gasteiger partial charge in [0, 0.05) is 30.1 Å². The van der Waals surface area contributed by atoms with Gasteiger partial charge in [-0.1, -0.05) is 6.07 Å². The smallest absolute Gasteiger partial charge is 0.270 e. The molecular formula is C13H11F2N3O. The molecule has 2 aromatic rings. The van der Waals surface area contributed by atoms with E-state index >= 15 is 0 Å². The highest BCUT2D eigenvalue weighted by molar-refractivity contribution is 5.92. The van der Waals surface area contributed by atoms with Crippen LogP contribution in [0, 0.1) is 11.6 Å². The SMILES string of the molecule is Nc1ccnc(C(=O)NCc2ccc(F)cc2F)c1. The minimum absolute atomic E-state index is 0.0541. The molecule has 3 N–H and O–H groups in total. The van der Waals surface area contributed by atoms with E-state index in [-0.39, 0.29) is 17.8 Å². The molecule has 0 aliphatic rings. The highest BCUT2D eigenvalue weighted by Crippen LogP contribution is 2.09. The van der Waals surface area contributed by atoms with Crippen LogP contribution in [0.3, 0.4) is 0 Å². The van der Waals surface area contributed by atoms with Crippen LogP contribution >= 0.6 is 0 Å². The lowest BCUT2D eigenvalue weighted by Gasteiger charge is -2.06. The summed E-state index contributed by atoms with van der Waals surface area (Å²) in [7, 11) is 0. The molecular weight excluding hydrogens is 252 g/mol. The Kier molecular flexibility index (Phi) is 3.70. The molecule has 0 spiro atoms. The Morgan fingerprint density at radius 3 is 2.74 bits per heavy atom. The van der Waals surface area contributed by atoms with E-state index in [0.29, 0.717) is 5.69 Å². The third-order valence-electron chi connectivity index (χ3n) is 2.47. The molecule has 0 radical (unpaired) electrons. The van der Waals surface area contributed by atoms with Crippen molar-refractivity contribution in [2.45, 2.75) is 6.54 Å². The summed E-state index contributed by atoms with van der Waals surface area (Å²) in [5, 5.41) is 2.48. The summed E-state index contributed by atoms with van der Waals surface area (Å²) in [6.07, 6.45) is 1.41. The lowest BCUT2D eigenvalue weighted by atomic mass is 10.2. The summed E-state index contributed by atoms with van der Waals surface area (Å²) in [5.41, 5.74) is 6.27. The zero-order valence-electron chi connectivity index (χ0n) is 9.86. The second-order valence-electron chi connectivity index (χ2n) is 3.89. The molecule has 1 aromatic heterocycles. The van der Waals surface area contributed by atoms with Crippen molar-refractivity contribution < 1.29 is 13.6 Å². The predicted octanol–water partition coefficient (Wildman–Crippen LogP) is 1.87. The molecule has 98 valence electrons. The van der Waals surface area contributed by atoms with E-state index in [1.54, 1.807) is 6.07 Å². The van der Waals surface area contributed by atoms with Crippen LogP contribution in [0.2, 0.25) is 0 Å². The number of benzene rings is 1. The average Bonchev–Trinajstić information content (AvgIpc) is 2.37. The van der Waals surface area contributed by atoms with Crippen LogP contribution in [0.15, 0.2) is 36.5 Å². The Labute approximate surface area is 108 Å². The fourth-order valence-electron chi connectivity index (χ4n) is 1.50. The maximum Gasteiger partial charge on any atom is 0.270 e. The lowest BCUT2D eigenvalue weighted by Crippen LogP contribution is -2.24. The first kappa shape index (κ1) is 12.9. The number of carbonyl (C=O) groups excluding carboxylic acids is 1. The normalized spacial score (nSPS) is 10.2. The van der Waals surface area contributed by atoms with Crippen molar-refractivity contribution in [1.82, 2.24) is 10.3 Å². The molecule has 1 amide bonds. The first-order valence-corrected chi connectivity index (χ1v) is 5.50. The van der Waals surface area contributed by atoms with Gasteiger partial charge in [-0.2, -0.15) is 0 Å². The molecule has 1 aromatic carbocycles. The number of hydrogen-bond donors (Lipinski definition) is 2. The van der Waals surface area contributed by atoms with Crippen LogP contribution in [0.25, 0.3) is 0 Å². The fourth-order valence-corrected chi connectivity index (χ4v) is 1.50. The number of pyridine rings is 1. The monoisotopic (exact) mass is 263 g/mol. The van der Waals surface area contributed by atoms with Crippen molar-refractivity contribution in [3.63, 3.8) is 0 Å². The predicted molar refractivity (Wildman–Crippen MR) is 66.2 cm³/mol. The largest absolute Gasteiger partial charge is 0.399 e. The van der Waals surface area contributed by atoms with E-state index in [0.717, 1.165) is 12.1 Å². The molecule has 4 nitrogen and oxygen atoms in total. The number of nitrogens with two attached hydrogens (primary N) is 1. The van der Waals surface area contributed by atoms with Crippen molar-refractivity contribution >= 4 is 11.6 Å². The van der Waals surface area contributed by atoms with Crippen LogP contribution < -0.4 is 11.1 Å². The molecule has 6 heteroatoms. The van der Waals surface area contributed by atoms with Crippen molar-refractivity contribution in [2.75, 3.05) is 5.73 Å². The average molecular weight is 263 g/mol. The number of rotatable bonds is 3. The maximum absolute atomic E-state index is 13.3. The van der Waals surface area contributed by atoms with Crippen molar-refractivity contribution in [3.05, 3.63) is 59.4 Å². The molecule has 0 saturated carbocycles. The second-order valence-corrected chi connectivity index (χ2v) is 3.89. The van der Waals surface area contributed by atoms with Gasteiger partial charge in [-0.05, 0) is 18.2 Å². The van der Waals surface area contributed by atoms with Crippen LogP contribution in [-0.2, 0) is 6.54 Å². The van der Waals surface area contributed by atoms with E-state index in [2.05, 4.69) is 10.3 Å². The van der Waals surface area contributed by atoms with E-state index in [9.17, 15) is 13.6 Å². The number of amides is 1. The maximum atomic E-state index is 13.3. The van der Waals surface area contributed by atoms with Crippen molar-refractivity contribution in [3.8, 4) is 0 Å². The number of nitrogens with zero attached hydrogens (tertiary/aromatic N) is 1. The molecule has 0 aliphatic carbocycles. The summed E-state index contributed by atoms with van der Waals surface area (Å²) in [5.74, 6) is -1.85. The quantitative estimate of drug-likeness (QED) is 0.888. The summed E-state index contributed by atoms with van der Waals surface area (Å²) in [4.78, 5) is 15.6. The number of halogens is 2. The van der Waals surface area contributed by atoms with Gasteiger partial charge in [0.05, 0.1) is 0 Å². The first-order valence-electron chi connectivity index (χ1n) is 5.50. The minimum Gasteiger partial charge on any atom is -0.399 e. The molecule has 0 saturated heterocycles. The number of nitrogens with one attached hydrogen (secondary N) is 1. The van der Waals surface area contributed by atoms with E-state index < -0.39 is 17.5 Å². The van der Waals surface area contributed by atoms with E-state index in [1.807, 2.05) is 0 Å². The zero-order chi connectivity index (χ0) is 13.8. The topological polar surface area (TPSA) is 68.0 Å². The molecule has 1 heterocycles. The number of nitrogen functional groups attached to an aromatic ring is 1. The molecule has 0 atom stereocenters. The molecule has 19 heavy (non-hydrogen) atoms. The molecule has 0 unspecified atom stereocenters. The minimum atomic E-state index is -0.708. The third-order valence-corrected chi connectivity index (χ3v) is 2.47. The number of anilines is 1. The van der Waals surface area contributed by atoms with Crippen LogP contribution in [-0.4, -0.2) is 10.9 Å². The Morgan fingerprint density at radius 1 is 1.26 bits per heavy atom. The van der Waals surface area contributed by atoms with Crippen molar-refractivity contribution in [2.24, 2.45) is 0 Å². The van der Waals surface area contributed by atoms with Gasteiger partial charge in [0.1, 0.15) is 17.3 Å². The second kappa shape index (κ2) is 5.43. The first-order chi connectivity index (χ1) is 9.06. The van der Waals surface area contributed by atoms with Gasteiger partial charge in [0.2, 0.25) is 0 Å². The molecule has 2 rings (SSSR count). The zero-order valence-corrected chi connectivity index (χ0v) is 9.86. The summed E-state index contributed by atoms with van der Waals surface area (Å²) >= 11 is 0. The van der Waals surface area contributed by atoms with Gasteiger partial charge < -0.3 is 11.1 Å². The van der Waals surface area contributed by atoms with Crippen LogP contribution in [0.5, 0.6) is 0 Å². The standard InChI is InChI=1S/C13H11F2N3O/c14-9-2-1-8(11(15)5-9)7-18-13(19)12-6-10(16)3-4-17-12/h1-6H,7H2,(H2,16,17)(H,18,19). The van der Waals surface area contributed by atoms with Gasteiger partial charge in [-0.3, -0.25) is 9.78 Å². The fraction of sp³-hybridized carbons (Fsp3) is 0.0769. The number of aromatic nitrogens is 1. The Balaban J connectivity index is 2.04. The molecule has 0 bridgehead atoms. The van der Waals surface area contributed by atoms with Gasteiger partial charge in [0.25, 0.3) is 5.91 Å². The third kappa shape index (κ3) is 3.25. The summed E-state index contributed by atoms with van der Waals surface area (Å²) in [6.45, 7) is -0.0541. The number of carbonyl (C=O) groups is 1. The Morgan fingerprint density at radius 2 is 2.05 bits per heavy atom. The molecule has 0 fully saturated rings. The van der Waals surface area contributed by atoms with Gasteiger partial charge in [0.15, 0.2) is 0 Å². The number of hydrogen-bond acceptors (Lipinski definition) is 3. The highest BCUT2D eigenvalue weighted by Gasteiger charge is 2.09. The van der Waals surface area contributed by atoms with Gasteiger partial charge in [-0.25, -0.2) is 8.78 Å². The highest BCUT2D eigenvalue weighted by atomic mass is 19.1. The van der Waals surface area contributed by atoms with E-state index in [4.69, 9.17) is 5.73 Å². The molecule has 0 aliphatic heterocycles.